The predicted molar refractivity (Wildman–Crippen MR) is 130 cm³/mol. The first-order chi connectivity index (χ1) is 15.7. The zero-order chi connectivity index (χ0) is 24.0. The van der Waals surface area contributed by atoms with Gasteiger partial charge >= 0.3 is 0 Å². The molecule has 7 nitrogen and oxygen atoms in total. The van der Waals surface area contributed by atoms with Crippen LogP contribution >= 0.6 is 11.6 Å². The molecule has 0 unspecified atom stereocenters. The second-order valence-corrected chi connectivity index (χ2v) is 9.68. The van der Waals surface area contributed by atoms with E-state index in [0.29, 0.717) is 16.5 Å². The van der Waals surface area contributed by atoms with Gasteiger partial charge in [-0.05, 0) is 56.3 Å². The number of rotatable bonds is 9. The lowest BCUT2D eigenvalue weighted by atomic mass is 10.2. The Labute approximate surface area is 198 Å². The van der Waals surface area contributed by atoms with Crippen LogP contribution in [0.25, 0.3) is 0 Å². The van der Waals surface area contributed by atoms with Gasteiger partial charge in [-0.25, -0.2) is 8.42 Å². The molecule has 0 aliphatic rings. The number of benzene rings is 3. The van der Waals surface area contributed by atoms with Crippen LogP contribution in [0.3, 0.4) is 0 Å². The molecule has 0 bridgehead atoms. The maximum atomic E-state index is 13.5. The summed E-state index contributed by atoms with van der Waals surface area (Å²) in [5, 5.41) is 3.04. The van der Waals surface area contributed by atoms with E-state index in [1.165, 1.54) is 25.3 Å². The minimum Gasteiger partial charge on any atom is -0.495 e. The van der Waals surface area contributed by atoms with Gasteiger partial charge in [0.2, 0.25) is 5.91 Å². The molecule has 3 rings (SSSR count). The van der Waals surface area contributed by atoms with E-state index in [9.17, 15) is 13.2 Å². The van der Waals surface area contributed by atoms with E-state index in [0.717, 1.165) is 4.31 Å². The average Bonchev–Trinajstić information content (AvgIpc) is 2.77. The van der Waals surface area contributed by atoms with Crippen LogP contribution in [0.4, 0.5) is 11.4 Å². The SMILES string of the molecule is COc1ccc(Cl)cc1N(CC(=O)Nc1cccc(OC(C)C)c1)S(=O)(=O)c1ccccc1. The van der Waals surface area contributed by atoms with Gasteiger partial charge < -0.3 is 14.8 Å². The van der Waals surface area contributed by atoms with E-state index < -0.39 is 22.5 Å². The Balaban J connectivity index is 1.96. The van der Waals surface area contributed by atoms with Crippen LogP contribution < -0.4 is 19.1 Å². The van der Waals surface area contributed by atoms with Crippen LogP contribution in [-0.2, 0) is 14.8 Å². The fraction of sp³-hybridized carbons (Fsp3) is 0.208. The quantitative estimate of drug-likeness (QED) is 0.459. The summed E-state index contributed by atoms with van der Waals surface area (Å²) in [5.41, 5.74) is 0.633. The number of ether oxygens (including phenoxy) is 2. The van der Waals surface area contributed by atoms with Crippen molar-refractivity contribution in [1.29, 1.82) is 0 Å². The zero-order valence-corrected chi connectivity index (χ0v) is 20.1. The third-order valence-corrected chi connectivity index (χ3v) is 6.53. The van der Waals surface area contributed by atoms with Gasteiger partial charge in [-0.3, -0.25) is 9.10 Å². The molecule has 0 saturated carbocycles. The second-order valence-electron chi connectivity index (χ2n) is 7.38. The number of halogens is 1. The molecule has 0 aliphatic heterocycles. The lowest BCUT2D eigenvalue weighted by Crippen LogP contribution is -2.38. The minimum atomic E-state index is -4.11. The number of carbonyl (C=O) groups excluding carboxylic acids is 1. The molecule has 1 amide bonds. The summed E-state index contributed by atoms with van der Waals surface area (Å²) in [5.74, 6) is 0.311. The third-order valence-electron chi connectivity index (χ3n) is 4.52. The van der Waals surface area contributed by atoms with Gasteiger partial charge in [0.05, 0.1) is 23.8 Å². The largest absolute Gasteiger partial charge is 0.495 e. The summed E-state index contributed by atoms with van der Waals surface area (Å²) in [7, 11) is -2.69. The second kappa shape index (κ2) is 10.6. The van der Waals surface area contributed by atoms with E-state index >= 15 is 0 Å². The Morgan fingerprint density at radius 2 is 1.76 bits per heavy atom. The van der Waals surface area contributed by atoms with Crippen molar-refractivity contribution in [3.8, 4) is 11.5 Å². The molecular weight excluding hydrogens is 464 g/mol. The molecule has 0 heterocycles. The summed E-state index contributed by atoms with van der Waals surface area (Å²) < 4.78 is 39.0. The summed E-state index contributed by atoms with van der Waals surface area (Å²) in [6, 6.07) is 19.3. The van der Waals surface area contributed by atoms with Crippen molar-refractivity contribution in [1.82, 2.24) is 0 Å². The molecule has 0 fully saturated rings. The van der Waals surface area contributed by atoms with Gasteiger partial charge in [-0.1, -0.05) is 35.9 Å². The van der Waals surface area contributed by atoms with Gasteiger partial charge in [0.25, 0.3) is 10.0 Å². The lowest BCUT2D eigenvalue weighted by molar-refractivity contribution is -0.114. The normalized spacial score (nSPS) is 11.2. The first-order valence-electron chi connectivity index (χ1n) is 10.2. The van der Waals surface area contributed by atoms with Crippen LogP contribution in [-0.4, -0.2) is 34.1 Å². The van der Waals surface area contributed by atoms with Crippen LogP contribution in [0.15, 0.2) is 77.7 Å². The van der Waals surface area contributed by atoms with Crippen LogP contribution in [0.1, 0.15) is 13.8 Å². The monoisotopic (exact) mass is 488 g/mol. The smallest absolute Gasteiger partial charge is 0.264 e. The molecule has 3 aromatic carbocycles. The highest BCUT2D eigenvalue weighted by Gasteiger charge is 2.29. The number of carbonyl (C=O) groups is 1. The number of methoxy groups -OCH3 is 1. The molecule has 0 spiro atoms. The molecule has 33 heavy (non-hydrogen) atoms. The number of hydrogen-bond donors (Lipinski definition) is 1. The maximum absolute atomic E-state index is 13.5. The summed E-state index contributed by atoms with van der Waals surface area (Å²) in [6.45, 7) is 3.30. The molecule has 9 heteroatoms. The van der Waals surface area contributed by atoms with E-state index in [1.807, 2.05) is 13.8 Å². The van der Waals surface area contributed by atoms with Gasteiger partial charge in [0.15, 0.2) is 0 Å². The number of sulfonamides is 1. The summed E-state index contributed by atoms with van der Waals surface area (Å²) >= 11 is 6.15. The van der Waals surface area contributed by atoms with E-state index in [2.05, 4.69) is 5.32 Å². The maximum Gasteiger partial charge on any atom is 0.264 e. The molecular formula is C24H25ClN2O5S. The van der Waals surface area contributed by atoms with Crippen molar-refractivity contribution in [3.63, 3.8) is 0 Å². The van der Waals surface area contributed by atoms with Crippen LogP contribution in [0.2, 0.25) is 5.02 Å². The molecule has 0 saturated heterocycles. The predicted octanol–water partition coefficient (Wildman–Crippen LogP) is 4.97. The van der Waals surface area contributed by atoms with Gasteiger partial charge in [-0.2, -0.15) is 0 Å². The number of anilines is 2. The highest BCUT2D eigenvalue weighted by molar-refractivity contribution is 7.92. The average molecular weight is 489 g/mol. The molecule has 174 valence electrons. The topological polar surface area (TPSA) is 84.9 Å². The van der Waals surface area contributed by atoms with Crippen LogP contribution in [0.5, 0.6) is 11.5 Å². The van der Waals surface area contributed by atoms with Gasteiger partial charge in [0, 0.05) is 16.8 Å². The van der Waals surface area contributed by atoms with Crippen molar-refractivity contribution in [3.05, 3.63) is 77.8 Å². The third kappa shape index (κ3) is 6.18. The minimum absolute atomic E-state index is 0.0299. The Hall–Kier alpha value is -3.23. The fourth-order valence-corrected chi connectivity index (χ4v) is 4.74. The standard InChI is InChI=1S/C24H25ClN2O5S/c1-17(2)32-20-9-7-8-19(15-20)26-24(28)16-27(22-14-18(25)12-13-23(22)31-3)33(29,30)21-10-5-4-6-11-21/h4-15,17H,16H2,1-3H3,(H,26,28). The molecule has 3 aromatic rings. The number of hydrogen-bond acceptors (Lipinski definition) is 5. The Kier molecular flexibility index (Phi) is 7.84. The lowest BCUT2D eigenvalue weighted by Gasteiger charge is -2.26. The molecule has 0 aliphatic carbocycles. The zero-order valence-electron chi connectivity index (χ0n) is 18.5. The first-order valence-corrected chi connectivity index (χ1v) is 12.0. The summed E-state index contributed by atoms with van der Waals surface area (Å²) in [6.07, 6.45) is -0.0299. The number of nitrogens with zero attached hydrogens (tertiary/aromatic N) is 1. The molecule has 0 radical (unpaired) electrons. The Morgan fingerprint density at radius 1 is 1.03 bits per heavy atom. The molecule has 1 N–H and O–H groups in total. The van der Waals surface area contributed by atoms with Crippen molar-refractivity contribution in [2.45, 2.75) is 24.8 Å². The van der Waals surface area contributed by atoms with Crippen molar-refractivity contribution >= 4 is 38.9 Å². The highest BCUT2D eigenvalue weighted by Crippen LogP contribution is 2.34. The number of amides is 1. The van der Waals surface area contributed by atoms with Crippen molar-refractivity contribution in [2.24, 2.45) is 0 Å². The molecule has 0 atom stereocenters. The first kappa shape index (κ1) is 24.4. The summed E-state index contributed by atoms with van der Waals surface area (Å²) in [4.78, 5) is 13.0. The van der Waals surface area contributed by atoms with Crippen molar-refractivity contribution < 1.29 is 22.7 Å². The Morgan fingerprint density at radius 3 is 2.42 bits per heavy atom. The van der Waals surface area contributed by atoms with E-state index in [1.54, 1.807) is 54.6 Å². The van der Waals surface area contributed by atoms with Crippen LogP contribution in [0, 0.1) is 0 Å². The highest BCUT2D eigenvalue weighted by atomic mass is 35.5. The van der Waals surface area contributed by atoms with E-state index in [-0.39, 0.29) is 22.4 Å². The Bertz CT molecular complexity index is 1220. The van der Waals surface area contributed by atoms with E-state index in [4.69, 9.17) is 21.1 Å². The van der Waals surface area contributed by atoms with Gasteiger partial charge in [0.1, 0.15) is 18.0 Å². The van der Waals surface area contributed by atoms with Crippen molar-refractivity contribution in [2.75, 3.05) is 23.3 Å². The molecule has 0 aromatic heterocycles. The fourth-order valence-electron chi connectivity index (χ4n) is 3.13. The number of nitrogens with one attached hydrogen (secondary N) is 1. The van der Waals surface area contributed by atoms with Gasteiger partial charge in [-0.15, -0.1) is 0 Å².